The third-order valence-electron chi connectivity index (χ3n) is 1.99. The van der Waals surface area contributed by atoms with E-state index in [1.54, 1.807) is 0 Å². The highest BCUT2D eigenvalue weighted by Gasteiger charge is 2.04. The number of aryl methyl sites for hydroxylation is 2. The molecular formula is C10H14N2O. The van der Waals surface area contributed by atoms with Crippen LogP contribution in [-0.4, -0.2) is 6.03 Å². The first-order valence-corrected chi connectivity index (χ1v) is 4.30. The van der Waals surface area contributed by atoms with E-state index in [2.05, 4.69) is 5.32 Å². The Bertz CT molecular complexity index is 321. The van der Waals surface area contributed by atoms with E-state index in [9.17, 15) is 4.79 Å². The van der Waals surface area contributed by atoms with Crippen LogP contribution in [0.3, 0.4) is 0 Å². The summed E-state index contributed by atoms with van der Waals surface area (Å²) in [7, 11) is 0. The van der Waals surface area contributed by atoms with Gasteiger partial charge in [0, 0.05) is 5.69 Å². The Morgan fingerprint density at radius 3 is 2.77 bits per heavy atom. The molecule has 3 heteroatoms. The molecule has 0 heterocycles. The summed E-state index contributed by atoms with van der Waals surface area (Å²) in [6.45, 7) is 3.99. The van der Waals surface area contributed by atoms with E-state index < -0.39 is 6.03 Å². The van der Waals surface area contributed by atoms with Crippen molar-refractivity contribution in [2.75, 3.05) is 5.32 Å². The highest BCUT2D eigenvalue weighted by atomic mass is 16.2. The van der Waals surface area contributed by atoms with Crippen LogP contribution in [-0.2, 0) is 6.42 Å². The van der Waals surface area contributed by atoms with Gasteiger partial charge in [-0.25, -0.2) is 4.79 Å². The van der Waals surface area contributed by atoms with Gasteiger partial charge < -0.3 is 11.1 Å². The molecule has 0 atom stereocenters. The highest BCUT2D eigenvalue weighted by Crippen LogP contribution is 2.20. The van der Waals surface area contributed by atoms with Crippen molar-refractivity contribution in [3.05, 3.63) is 29.3 Å². The second-order valence-electron chi connectivity index (χ2n) is 2.95. The molecule has 0 fully saturated rings. The topological polar surface area (TPSA) is 55.1 Å². The summed E-state index contributed by atoms with van der Waals surface area (Å²) in [5.74, 6) is 0. The number of para-hydroxylation sites is 1. The maximum atomic E-state index is 10.7. The summed E-state index contributed by atoms with van der Waals surface area (Å²) in [6.07, 6.45) is 0.886. The van der Waals surface area contributed by atoms with E-state index in [1.807, 2.05) is 32.0 Å². The molecule has 0 aliphatic rings. The van der Waals surface area contributed by atoms with Crippen molar-refractivity contribution in [3.63, 3.8) is 0 Å². The molecule has 70 valence electrons. The normalized spacial score (nSPS) is 9.69. The second kappa shape index (κ2) is 3.94. The van der Waals surface area contributed by atoms with Gasteiger partial charge in [-0.2, -0.15) is 0 Å². The minimum absolute atomic E-state index is 0.510. The zero-order valence-corrected chi connectivity index (χ0v) is 7.92. The number of carbonyl (C=O) groups excluding carboxylic acids is 1. The minimum Gasteiger partial charge on any atom is -0.351 e. The van der Waals surface area contributed by atoms with Gasteiger partial charge in [0.25, 0.3) is 0 Å². The predicted molar refractivity (Wildman–Crippen MR) is 53.8 cm³/mol. The Morgan fingerprint density at radius 2 is 2.23 bits per heavy atom. The summed E-state index contributed by atoms with van der Waals surface area (Å²) in [5.41, 5.74) is 8.06. The van der Waals surface area contributed by atoms with E-state index in [1.165, 1.54) is 0 Å². The zero-order chi connectivity index (χ0) is 9.84. The first-order chi connectivity index (χ1) is 6.15. The molecule has 3 N–H and O–H groups in total. The van der Waals surface area contributed by atoms with Crippen LogP contribution >= 0.6 is 0 Å². The Hall–Kier alpha value is -1.51. The van der Waals surface area contributed by atoms with Crippen molar-refractivity contribution in [2.24, 2.45) is 5.73 Å². The summed E-state index contributed by atoms with van der Waals surface area (Å²) in [4.78, 5) is 10.7. The van der Waals surface area contributed by atoms with Gasteiger partial charge >= 0.3 is 6.03 Å². The molecule has 0 bridgehead atoms. The molecule has 1 rings (SSSR count). The maximum absolute atomic E-state index is 10.7. The van der Waals surface area contributed by atoms with Crippen LogP contribution in [0.15, 0.2) is 18.2 Å². The van der Waals surface area contributed by atoms with Gasteiger partial charge in [-0.15, -0.1) is 0 Å². The predicted octanol–water partition coefficient (Wildman–Crippen LogP) is 2.05. The monoisotopic (exact) mass is 178 g/mol. The SMILES string of the molecule is CCc1cccc(C)c1NC(N)=O. The second-order valence-corrected chi connectivity index (χ2v) is 2.95. The Labute approximate surface area is 77.9 Å². The lowest BCUT2D eigenvalue weighted by atomic mass is 10.1. The summed E-state index contributed by atoms with van der Waals surface area (Å²) >= 11 is 0. The molecule has 0 aliphatic carbocycles. The van der Waals surface area contributed by atoms with Gasteiger partial charge in [0.1, 0.15) is 0 Å². The fourth-order valence-corrected chi connectivity index (χ4v) is 1.33. The molecule has 13 heavy (non-hydrogen) atoms. The van der Waals surface area contributed by atoms with Gasteiger partial charge in [-0.1, -0.05) is 25.1 Å². The molecular weight excluding hydrogens is 164 g/mol. The van der Waals surface area contributed by atoms with Crippen molar-refractivity contribution in [1.29, 1.82) is 0 Å². The van der Waals surface area contributed by atoms with Crippen LogP contribution < -0.4 is 11.1 Å². The van der Waals surface area contributed by atoms with Crippen LogP contribution in [0, 0.1) is 6.92 Å². The molecule has 0 spiro atoms. The van der Waals surface area contributed by atoms with Crippen molar-refractivity contribution < 1.29 is 4.79 Å². The van der Waals surface area contributed by atoms with Gasteiger partial charge in [0.2, 0.25) is 0 Å². The van der Waals surface area contributed by atoms with Crippen molar-refractivity contribution in [3.8, 4) is 0 Å². The lowest BCUT2D eigenvalue weighted by molar-refractivity contribution is 0.259. The van der Waals surface area contributed by atoms with E-state index in [4.69, 9.17) is 5.73 Å². The smallest absolute Gasteiger partial charge is 0.316 e. The van der Waals surface area contributed by atoms with Gasteiger partial charge in [0.05, 0.1) is 0 Å². The molecule has 3 nitrogen and oxygen atoms in total. The number of hydrogen-bond acceptors (Lipinski definition) is 1. The number of hydrogen-bond donors (Lipinski definition) is 2. The number of amides is 2. The third-order valence-corrected chi connectivity index (χ3v) is 1.99. The number of anilines is 1. The molecule has 2 amide bonds. The van der Waals surface area contributed by atoms with Crippen LogP contribution in [0.1, 0.15) is 18.1 Å². The molecule has 0 saturated heterocycles. The van der Waals surface area contributed by atoms with Crippen molar-refractivity contribution in [2.45, 2.75) is 20.3 Å². The number of primary amides is 1. The Morgan fingerprint density at radius 1 is 1.54 bits per heavy atom. The van der Waals surface area contributed by atoms with E-state index in [0.717, 1.165) is 23.2 Å². The fourth-order valence-electron chi connectivity index (χ4n) is 1.33. The van der Waals surface area contributed by atoms with Crippen molar-refractivity contribution in [1.82, 2.24) is 0 Å². The summed E-state index contributed by atoms with van der Waals surface area (Å²) in [6, 6.07) is 5.40. The largest absolute Gasteiger partial charge is 0.351 e. The Balaban J connectivity index is 3.07. The number of nitrogens with one attached hydrogen (secondary N) is 1. The van der Waals surface area contributed by atoms with E-state index in [0.29, 0.717) is 0 Å². The van der Waals surface area contributed by atoms with Crippen LogP contribution in [0.25, 0.3) is 0 Å². The molecule has 1 aromatic carbocycles. The number of benzene rings is 1. The lowest BCUT2D eigenvalue weighted by Gasteiger charge is -2.10. The van der Waals surface area contributed by atoms with Gasteiger partial charge in [0.15, 0.2) is 0 Å². The highest BCUT2D eigenvalue weighted by molar-refractivity contribution is 5.89. The van der Waals surface area contributed by atoms with E-state index >= 15 is 0 Å². The number of nitrogens with two attached hydrogens (primary N) is 1. The van der Waals surface area contributed by atoms with Crippen molar-refractivity contribution >= 4 is 11.7 Å². The first-order valence-electron chi connectivity index (χ1n) is 4.30. The summed E-state index contributed by atoms with van der Waals surface area (Å²) in [5, 5.41) is 2.63. The lowest BCUT2D eigenvalue weighted by Crippen LogP contribution is -2.20. The molecule has 0 radical (unpaired) electrons. The average Bonchev–Trinajstić information content (AvgIpc) is 2.08. The maximum Gasteiger partial charge on any atom is 0.316 e. The first kappa shape index (κ1) is 9.58. The van der Waals surface area contributed by atoms with Crippen LogP contribution in [0.5, 0.6) is 0 Å². The quantitative estimate of drug-likeness (QED) is 0.715. The number of rotatable bonds is 2. The van der Waals surface area contributed by atoms with Crippen LogP contribution in [0.4, 0.5) is 10.5 Å². The fraction of sp³-hybridized carbons (Fsp3) is 0.300. The Kier molecular flexibility index (Phi) is 2.90. The average molecular weight is 178 g/mol. The van der Waals surface area contributed by atoms with E-state index in [-0.39, 0.29) is 0 Å². The molecule has 0 unspecified atom stereocenters. The molecule has 1 aromatic rings. The molecule has 0 saturated carbocycles. The number of urea groups is 1. The molecule has 0 aliphatic heterocycles. The summed E-state index contributed by atoms with van der Waals surface area (Å²) < 4.78 is 0. The van der Waals surface area contributed by atoms with Crippen LogP contribution in [0.2, 0.25) is 0 Å². The minimum atomic E-state index is -0.510. The number of carbonyl (C=O) groups is 1. The molecule has 0 aromatic heterocycles. The zero-order valence-electron chi connectivity index (χ0n) is 7.92. The van der Waals surface area contributed by atoms with Gasteiger partial charge in [-0.3, -0.25) is 0 Å². The van der Waals surface area contributed by atoms with Gasteiger partial charge in [-0.05, 0) is 24.5 Å². The standard InChI is InChI=1S/C10H14N2O/c1-3-8-6-4-5-7(2)9(8)12-10(11)13/h4-6H,3H2,1-2H3,(H3,11,12,13). The third kappa shape index (κ3) is 2.21.